The molecule has 118 valence electrons. The van der Waals surface area contributed by atoms with Crippen LogP contribution in [0.15, 0.2) is 18.3 Å². The fourth-order valence-corrected chi connectivity index (χ4v) is 3.43. The molecule has 0 aliphatic heterocycles. The molecule has 0 amide bonds. The van der Waals surface area contributed by atoms with Crippen molar-refractivity contribution in [1.82, 2.24) is 10.3 Å². The highest BCUT2D eigenvalue weighted by molar-refractivity contribution is 5.15. The van der Waals surface area contributed by atoms with E-state index in [0.717, 1.165) is 31.2 Å². The van der Waals surface area contributed by atoms with E-state index in [-0.39, 0.29) is 0 Å². The fraction of sp³-hybridized carbons (Fsp3) is 0.737. The lowest BCUT2D eigenvalue weighted by Crippen LogP contribution is -2.40. The first-order valence-corrected chi connectivity index (χ1v) is 8.90. The molecule has 2 nitrogen and oxygen atoms in total. The van der Waals surface area contributed by atoms with E-state index >= 15 is 0 Å². The van der Waals surface area contributed by atoms with Gasteiger partial charge in [-0.2, -0.15) is 0 Å². The molecule has 1 saturated carbocycles. The van der Waals surface area contributed by atoms with Gasteiger partial charge in [0, 0.05) is 24.4 Å². The normalized spacial score (nSPS) is 24.0. The van der Waals surface area contributed by atoms with Gasteiger partial charge in [-0.1, -0.05) is 39.7 Å². The van der Waals surface area contributed by atoms with Crippen molar-refractivity contribution in [3.8, 4) is 0 Å². The number of aromatic nitrogens is 1. The molecule has 1 aromatic heterocycles. The Hall–Kier alpha value is -0.890. The van der Waals surface area contributed by atoms with Crippen molar-refractivity contribution in [2.45, 2.75) is 71.8 Å². The van der Waals surface area contributed by atoms with Crippen LogP contribution in [-0.4, -0.2) is 17.6 Å². The quantitative estimate of drug-likeness (QED) is 0.805. The molecule has 0 spiro atoms. The Kier molecular flexibility index (Phi) is 6.69. The molecule has 2 heteroatoms. The Morgan fingerprint density at radius 1 is 1.19 bits per heavy atom. The zero-order chi connectivity index (χ0) is 15.1. The highest BCUT2D eigenvalue weighted by atomic mass is 14.9. The zero-order valence-corrected chi connectivity index (χ0v) is 14.1. The van der Waals surface area contributed by atoms with Gasteiger partial charge in [-0.3, -0.25) is 4.98 Å². The van der Waals surface area contributed by atoms with Crippen LogP contribution in [0.5, 0.6) is 0 Å². The van der Waals surface area contributed by atoms with Crippen LogP contribution in [0.1, 0.15) is 64.1 Å². The molecule has 21 heavy (non-hydrogen) atoms. The second-order valence-corrected chi connectivity index (χ2v) is 6.80. The Labute approximate surface area is 130 Å². The van der Waals surface area contributed by atoms with Crippen LogP contribution in [0.2, 0.25) is 0 Å². The molecule has 1 unspecified atom stereocenters. The van der Waals surface area contributed by atoms with Crippen LogP contribution in [0.3, 0.4) is 0 Å². The summed E-state index contributed by atoms with van der Waals surface area (Å²) in [6.07, 6.45) is 11.0. The van der Waals surface area contributed by atoms with Crippen molar-refractivity contribution in [3.05, 3.63) is 29.6 Å². The van der Waals surface area contributed by atoms with Gasteiger partial charge in [0.2, 0.25) is 0 Å². The highest BCUT2D eigenvalue weighted by Gasteiger charge is 2.26. The van der Waals surface area contributed by atoms with Crippen molar-refractivity contribution in [1.29, 1.82) is 0 Å². The minimum Gasteiger partial charge on any atom is -0.313 e. The summed E-state index contributed by atoms with van der Waals surface area (Å²) in [4.78, 5) is 4.67. The van der Waals surface area contributed by atoms with Gasteiger partial charge in [-0.05, 0) is 55.7 Å². The predicted octanol–water partition coefficient (Wildman–Crippen LogP) is 4.38. The van der Waals surface area contributed by atoms with Gasteiger partial charge in [0.15, 0.2) is 0 Å². The second-order valence-electron chi connectivity index (χ2n) is 6.80. The highest BCUT2D eigenvalue weighted by Crippen LogP contribution is 2.31. The van der Waals surface area contributed by atoms with Gasteiger partial charge in [0.05, 0.1) is 0 Å². The molecular formula is C19H32N2. The summed E-state index contributed by atoms with van der Waals surface area (Å²) in [7, 11) is 0. The third kappa shape index (κ3) is 5.10. The van der Waals surface area contributed by atoms with Crippen molar-refractivity contribution in [2.75, 3.05) is 6.54 Å². The SMILES string of the molecule is CCCNC(Cc1ccc(CC)cn1)C1CCC(C)CC1. The summed E-state index contributed by atoms with van der Waals surface area (Å²) in [6.45, 7) is 7.96. The minimum atomic E-state index is 0.609. The first kappa shape index (κ1) is 16.5. The number of hydrogen-bond donors (Lipinski definition) is 1. The number of rotatable bonds is 7. The van der Waals surface area contributed by atoms with Crippen LogP contribution in [0.25, 0.3) is 0 Å². The first-order valence-electron chi connectivity index (χ1n) is 8.90. The van der Waals surface area contributed by atoms with Crippen molar-refractivity contribution in [2.24, 2.45) is 11.8 Å². The molecule has 1 fully saturated rings. The second kappa shape index (κ2) is 8.53. The molecule has 1 aromatic rings. The summed E-state index contributed by atoms with van der Waals surface area (Å²) in [6, 6.07) is 5.07. The van der Waals surface area contributed by atoms with E-state index in [4.69, 9.17) is 0 Å². The average Bonchev–Trinajstić information content (AvgIpc) is 2.53. The maximum Gasteiger partial charge on any atom is 0.0419 e. The molecule has 1 aliphatic rings. The lowest BCUT2D eigenvalue weighted by atomic mass is 9.78. The molecule has 1 atom stereocenters. The molecule has 1 heterocycles. The van der Waals surface area contributed by atoms with E-state index in [0.29, 0.717) is 6.04 Å². The number of hydrogen-bond acceptors (Lipinski definition) is 2. The summed E-state index contributed by atoms with van der Waals surface area (Å²) in [5.41, 5.74) is 2.59. The van der Waals surface area contributed by atoms with Crippen molar-refractivity contribution >= 4 is 0 Å². The predicted molar refractivity (Wildman–Crippen MR) is 90.5 cm³/mol. The fourth-order valence-electron chi connectivity index (χ4n) is 3.43. The third-order valence-electron chi connectivity index (χ3n) is 5.01. The number of nitrogens with zero attached hydrogens (tertiary/aromatic N) is 1. The summed E-state index contributed by atoms with van der Waals surface area (Å²) >= 11 is 0. The molecule has 0 radical (unpaired) electrons. The molecule has 1 N–H and O–H groups in total. The summed E-state index contributed by atoms with van der Waals surface area (Å²) in [5, 5.41) is 3.79. The minimum absolute atomic E-state index is 0.609. The van der Waals surface area contributed by atoms with Gasteiger partial charge in [-0.15, -0.1) is 0 Å². The van der Waals surface area contributed by atoms with E-state index in [1.165, 1.54) is 43.4 Å². The van der Waals surface area contributed by atoms with Crippen LogP contribution in [-0.2, 0) is 12.8 Å². The van der Waals surface area contributed by atoms with E-state index in [1.807, 2.05) is 0 Å². The summed E-state index contributed by atoms with van der Waals surface area (Å²) < 4.78 is 0. The van der Waals surface area contributed by atoms with E-state index in [1.54, 1.807) is 0 Å². The topological polar surface area (TPSA) is 24.9 Å². The maximum absolute atomic E-state index is 4.67. The number of aryl methyl sites for hydroxylation is 1. The first-order chi connectivity index (χ1) is 10.2. The van der Waals surface area contributed by atoms with Gasteiger partial charge < -0.3 is 5.32 Å². The zero-order valence-electron chi connectivity index (χ0n) is 14.1. The number of nitrogens with one attached hydrogen (secondary N) is 1. The van der Waals surface area contributed by atoms with Crippen molar-refractivity contribution < 1.29 is 0 Å². The summed E-state index contributed by atoms with van der Waals surface area (Å²) in [5.74, 6) is 1.76. The van der Waals surface area contributed by atoms with Crippen LogP contribution in [0, 0.1) is 11.8 Å². The van der Waals surface area contributed by atoms with Crippen LogP contribution in [0.4, 0.5) is 0 Å². The Morgan fingerprint density at radius 3 is 2.52 bits per heavy atom. The van der Waals surface area contributed by atoms with E-state index in [2.05, 4.69) is 49.4 Å². The smallest absolute Gasteiger partial charge is 0.0419 e. The van der Waals surface area contributed by atoms with Gasteiger partial charge in [0.1, 0.15) is 0 Å². The van der Waals surface area contributed by atoms with Crippen molar-refractivity contribution in [3.63, 3.8) is 0 Å². The standard InChI is InChI=1S/C19H32N2/c1-4-12-20-19(17-9-6-15(3)7-10-17)13-18-11-8-16(5-2)14-21-18/h8,11,14-15,17,19-20H,4-7,9-10,12-13H2,1-3H3. The van der Waals surface area contributed by atoms with Crippen LogP contribution >= 0.6 is 0 Å². The number of pyridine rings is 1. The Bertz CT molecular complexity index is 391. The monoisotopic (exact) mass is 288 g/mol. The molecule has 0 bridgehead atoms. The Balaban J connectivity index is 1.97. The van der Waals surface area contributed by atoms with E-state index < -0.39 is 0 Å². The lowest BCUT2D eigenvalue weighted by molar-refractivity contribution is 0.228. The average molecular weight is 288 g/mol. The largest absolute Gasteiger partial charge is 0.313 e. The van der Waals surface area contributed by atoms with Gasteiger partial charge in [0.25, 0.3) is 0 Å². The molecule has 2 rings (SSSR count). The lowest BCUT2D eigenvalue weighted by Gasteiger charge is -2.33. The van der Waals surface area contributed by atoms with Gasteiger partial charge >= 0.3 is 0 Å². The third-order valence-corrected chi connectivity index (χ3v) is 5.01. The molecular weight excluding hydrogens is 256 g/mol. The van der Waals surface area contributed by atoms with Gasteiger partial charge in [-0.25, -0.2) is 0 Å². The molecule has 0 aromatic carbocycles. The molecule has 0 saturated heterocycles. The van der Waals surface area contributed by atoms with E-state index in [9.17, 15) is 0 Å². The molecule has 1 aliphatic carbocycles. The van der Waals surface area contributed by atoms with Crippen LogP contribution < -0.4 is 5.32 Å². The maximum atomic E-state index is 4.67. The Morgan fingerprint density at radius 2 is 1.95 bits per heavy atom.